The molecule has 0 heterocycles. The summed E-state index contributed by atoms with van der Waals surface area (Å²) in [5, 5.41) is 7.95. The Morgan fingerprint density at radius 1 is 1.00 bits per heavy atom. The summed E-state index contributed by atoms with van der Waals surface area (Å²) in [7, 11) is 1.58. The van der Waals surface area contributed by atoms with Gasteiger partial charge in [-0.2, -0.15) is 0 Å². The van der Waals surface area contributed by atoms with Gasteiger partial charge >= 0.3 is 6.03 Å². The Bertz CT molecular complexity index is 727. The summed E-state index contributed by atoms with van der Waals surface area (Å²) in [6, 6.07) is 12.3. The number of nitrogens with one attached hydrogen (secondary N) is 3. The molecule has 0 aromatic heterocycles. The van der Waals surface area contributed by atoms with Gasteiger partial charge in [-0.3, -0.25) is 4.79 Å². The van der Waals surface area contributed by atoms with Gasteiger partial charge < -0.3 is 20.7 Å². The summed E-state index contributed by atoms with van der Waals surface area (Å²) in [5.74, 6) is 0.398. The number of urea groups is 1. The molecule has 0 aliphatic heterocycles. The second-order valence-corrected chi connectivity index (χ2v) is 5.40. The number of anilines is 2. The number of hydrogen-bond donors (Lipinski definition) is 3. The van der Waals surface area contributed by atoms with Crippen molar-refractivity contribution >= 4 is 23.3 Å². The fourth-order valence-electron chi connectivity index (χ4n) is 2.16. The van der Waals surface area contributed by atoms with Crippen molar-refractivity contribution in [3.63, 3.8) is 0 Å². The second kappa shape index (κ2) is 8.01. The molecule has 126 valence electrons. The summed E-state index contributed by atoms with van der Waals surface area (Å²) >= 11 is 0. The smallest absolute Gasteiger partial charge is 0.319 e. The van der Waals surface area contributed by atoms with Crippen LogP contribution in [0.15, 0.2) is 42.5 Å². The molecule has 0 unspecified atom stereocenters. The molecular weight excluding hydrogens is 306 g/mol. The van der Waals surface area contributed by atoms with E-state index in [1.54, 1.807) is 31.4 Å². The van der Waals surface area contributed by atoms with Crippen LogP contribution < -0.4 is 20.7 Å². The van der Waals surface area contributed by atoms with Crippen molar-refractivity contribution in [1.82, 2.24) is 5.32 Å². The van der Waals surface area contributed by atoms with Crippen LogP contribution in [-0.2, 0) is 4.79 Å². The van der Waals surface area contributed by atoms with Crippen LogP contribution in [0.1, 0.15) is 11.1 Å². The highest BCUT2D eigenvalue weighted by atomic mass is 16.5. The lowest BCUT2D eigenvalue weighted by atomic mass is 10.1. The van der Waals surface area contributed by atoms with E-state index in [1.807, 2.05) is 32.0 Å². The normalized spacial score (nSPS) is 9.96. The Kier molecular flexibility index (Phi) is 5.78. The SMILES string of the molecule is COc1ccc(NC(=O)CNC(=O)Nc2ccc(C)cc2C)cc1. The Morgan fingerprint density at radius 3 is 2.33 bits per heavy atom. The zero-order chi connectivity index (χ0) is 17.5. The fraction of sp³-hybridized carbons (Fsp3) is 0.222. The average Bonchev–Trinajstić information content (AvgIpc) is 2.56. The Labute approximate surface area is 141 Å². The Hall–Kier alpha value is -3.02. The van der Waals surface area contributed by atoms with Gasteiger partial charge in [0.1, 0.15) is 5.75 Å². The van der Waals surface area contributed by atoms with E-state index in [2.05, 4.69) is 16.0 Å². The minimum atomic E-state index is -0.424. The van der Waals surface area contributed by atoms with Gasteiger partial charge in [-0.15, -0.1) is 0 Å². The van der Waals surface area contributed by atoms with Crippen molar-refractivity contribution in [2.24, 2.45) is 0 Å². The van der Waals surface area contributed by atoms with Crippen LogP contribution in [0.2, 0.25) is 0 Å². The van der Waals surface area contributed by atoms with Crippen molar-refractivity contribution in [3.05, 3.63) is 53.6 Å². The van der Waals surface area contributed by atoms with Crippen LogP contribution >= 0.6 is 0 Å². The zero-order valence-corrected chi connectivity index (χ0v) is 14.0. The van der Waals surface area contributed by atoms with E-state index in [4.69, 9.17) is 4.74 Å². The molecule has 6 nitrogen and oxygen atoms in total. The number of aryl methyl sites for hydroxylation is 2. The van der Waals surface area contributed by atoms with Crippen LogP contribution in [0, 0.1) is 13.8 Å². The molecule has 6 heteroatoms. The molecule has 24 heavy (non-hydrogen) atoms. The molecule has 0 spiro atoms. The Balaban J connectivity index is 1.81. The van der Waals surface area contributed by atoms with Crippen LogP contribution in [-0.4, -0.2) is 25.6 Å². The van der Waals surface area contributed by atoms with Crippen LogP contribution in [0.5, 0.6) is 5.75 Å². The van der Waals surface area contributed by atoms with Gasteiger partial charge in [0.2, 0.25) is 5.91 Å². The molecule has 2 aromatic carbocycles. The first-order valence-electron chi connectivity index (χ1n) is 7.54. The van der Waals surface area contributed by atoms with Gasteiger partial charge in [0.25, 0.3) is 0 Å². The quantitative estimate of drug-likeness (QED) is 0.789. The molecule has 0 atom stereocenters. The van der Waals surface area contributed by atoms with E-state index >= 15 is 0 Å². The number of rotatable bonds is 5. The van der Waals surface area contributed by atoms with Crippen molar-refractivity contribution < 1.29 is 14.3 Å². The molecule has 2 aromatic rings. The lowest BCUT2D eigenvalue weighted by Gasteiger charge is -2.11. The van der Waals surface area contributed by atoms with Gasteiger partial charge in [0, 0.05) is 11.4 Å². The predicted molar refractivity (Wildman–Crippen MR) is 94.6 cm³/mol. The molecular formula is C18H21N3O3. The lowest BCUT2D eigenvalue weighted by Crippen LogP contribution is -2.35. The third-order valence-corrected chi connectivity index (χ3v) is 3.41. The lowest BCUT2D eigenvalue weighted by molar-refractivity contribution is -0.115. The first-order valence-corrected chi connectivity index (χ1v) is 7.54. The van der Waals surface area contributed by atoms with E-state index in [9.17, 15) is 9.59 Å². The largest absolute Gasteiger partial charge is 0.497 e. The standard InChI is InChI=1S/C18H21N3O3/c1-12-4-9-16(13(2)10-12)21-18(23)19-11-17(22)20-14-5-7-15(24-3)8-6-14/h4-10H,11H2,1-3H3,(H,20,22)(H2,19,21,23). The maximum absolute atomic E-state index is 11.9. The maximum Gasteiger partial charge on any atom is 0.319 e. The third kappa shape index (κ3) is 5.01. The van der Waals surface area contributed by atoms with E-state index < -0.39 is 6.03 Å². The number of hydrogen-bond acceptors (Lipinski definition) is 3. The molecule has 0 aliphatic carbocycles. The van der Waals surface area contributed by atoms with Gasteiger partial charge in [-0.05, 0) is 49.7 Å². The summed E-state index contributed by atoms with van der Waals surface area (Å²) in [5.41, 5.74) is 3.44. The van der Waals surface area contributed by atoms with Gasteiger partial charge in [-0.25, -0.2) is 4.79 Å². The van der Waals surface area contributed by atoms with E-state index in [-0.39, 0.29) is 12.5 Å². The molecule has 0 aliphatic rings. The number of methoxy groups -OCH3 is 1. The maximum atomic E-state index is 11.9. The number of carbonyl (C=O) groups excluding carboxylic acids is 2. The minimum absolute atomic E-state index is 0.122. The molecule has 0 fully saturated rings. The number of amides is 3. The molecule has 0 radical (unpaired) electrons. The van der Waals surface area contributed by atoms with Gasteiger partial charge in [0.05, 0.1) is 13.7 Å². The Morgan fingerprint density at radius 2 is 1.71 bits per heavy atom. The van der Waals surface area contributed by atoms with E-state index in [1.165, 1.54) is 0 Å². The van der Waals surface area contributed by atoms with Crippen molar-refractivity contribution in [2.45, 2.75) is 13.8 Å². The molecule has 3 N–H and O–H groups in total. The van der Waals surface area contributed by atoms with E-state index in [0.717, 1.165) is 11.1 Å². The molecule has 0 saturated carbocycles. The summed E-state index contributed by atoms with van der Waals surface area (Å²) in [4.78, 5) is 23.7. The predicted octanol–water partition coefficient (Wildman–Crippen LogP) is 3.07. The zero-order valence-electron chi connectivity index (χ0n) is 14.0. The highest BCUT2D eigenvalue weighted by molar-refractivity contribution is 5.97. The van der Waals surface area contributed by atoms with E-state index in [0.29, 0.717) is 17.1 Å². The highest BCUT2D eigenvalue weighted by Gasteiger charge is 2.07. The van der Waals surface area contributed by atoms with Crippen molar-refractivity contribution in [2.75, 3.05) is 24.3 Å². The molecule has 0 bridgehead atoms. The van der Waals surface area contributed by atoms with Crippen molar-refractivity contribution in [1.29, 1.82) is 0 Å². The summed E-state index contributed by atoms with van der Waals surface area (Å²) in [6.07, 6.45) is 0. The van der Waals surface area contributed by atoms with Gasteiger partial charge in [0.15, 0.2) is 0 Å². The topological polar surface area (TPSA) is 79.5 Å². The summed E-state index contributed by atoms with van der Waals surface area (Å²) in [6.45, 7) is 3.78. The highest BCUT2D eigenvalue weighted by Crippen LogP contribution is 2.16. The average molecular weight is 327 g/mol. The first-order chi connectivity index (χ1) is 11.5. The number of benzene rings is 2. The second-order valence-electron chi connectivity index (χ2n) is 5.40. The van der Waals surface area contributed by atoms with Crippen molar-refractivity contribution in [3.8, 4) is 5.75 Å². The summed E-state index contributed by atoms with van der Waals surface area (Å²) < 4.78 is 5.05. The number of ether oxygens (including phenoxy) is 1. The molecule has 2 rings (SSSR count). The first kappa shape index (κ1) is 17.3. The molecule has 3 amide bonds. The van der Waals surface area contributed by atoms with Crippen LogP contribution in [0.3, 0.4) is 0 Å². The van der Waals surface area contributed by atoms with Crippen LogP contribution in [0.4, 0.5) is 16.2 Å². The minimum Gasteiger partial charge on any atom is -0.497 e. The van der Waals surface area contributed by atoms with Gasteiger partial charge in [-0.1, -0.05) is 17.7 Å². The fourth-order valence-corrected chi connectivity index (χ4v) is 2.16. The molecule has 0 saturated heterocycles. The third-order valence-electron chi connectivity index (χ3n) is 3.41. The number of carbonyl (C=O) groups is 2. The van der Waals surface area contributed by atoms with Crippen LogP contribution in [0.25, 0.3) is 0 Å². The monoisotopic (exact) mass is 327 g/mol.